The van der Waals surface area contributed by atoms with Gasteiger partial charge < -0.3 is 9.84 Å². The van der Waals surface area contributed by atoms with Crippen LogP contribution in [0.4, 0.5) is 11.5 Å². The number of benzene rings is 1. The van der Waals surface area contributed by atoms with E-state index in [0.29, 0.717) is 5.82 Å². The fourth-order valence-corrected chi connectivity index (χ4v) is 1.04. The van der Waals surface area contributed by atoms with Crippen LogP contribution in [0.1, 0.15) is 0 Å². The largest absolute Gasteiger partial charge is 0.358 e. The summed E-state index contributed by atoms with van der Waals surface area (Å²) in [4.78, 5) is 10.6. The van der Waals surface area contributed by atoms with Crippen molar-refractivity contribution in [1.29, 1.82) is 0 Å². The second-order valence-corrected chi connectivity index (χ2v) is 2.71. The van der Waals surface area contributed by atoms with E-state index in [1.807, 2.05) is 30.3 Å². The number of nitrogens with one attached hydrogen (secondary N) is 1. The van der Waals surface area contributed by atoms with E-state index in [-0.39, 0.29) is 0 Å². The van der Waals surface area contributed by atoms with Gasteiger partial charge in [0.1, 0.15) is 0 Å². The summed E-state index contributed by atoms with van der Waals surface area (Å²) in [6, 6.07) is 12.4. The van der Waals surface area contributed by atoms with Crippen molar-refractivity contribution in [3.8, 4) is 0 Å². The molecular formula is C10H8N2O2. The molecule has 0 unspecified atom stereocenters. The molecule has 0 radical (unpaired) electrons. The van der Waals surface area contributed by atoms with Crippen molar-refractivity contribution < 1.29 is 4.52 Å². The molecule has 1 N–H and O–H groups in total. The number of anilines is 2. The molecule has 0 saturated heterocycles. The first-order valence-electron chi connectivity index (χ1n) is 4.14. The van der Waals surface area contributed by atoms with E-state index in [1.165, 1.54) is 6.07 Å². The van der Waals surface area contributed by atoms with Crippen LogP contribution >= 0.6 is 0 Å². The van der Waals surface area contributed by atoms with Gasteiger partial charge >= 0.3 is 5.63 Å². The lowest BCUT2D eigenvalue weighted by Gasteiger charge is -2.01. The molecular weight excluding hydrogens is 180 g/mol. The molecule has 14 heavy (non-hydrogen) atoms. The van der Waals surface area contributed by atoms with E-state index in [1.54, 1.807) is 6.07 Å². The van der Waals surface area contributed by atoms with Crippen LogP contribution in [0.2, 0.25) is 0 Å². The van der Waals surface area contributed by atoms with Crippen molar-refractivity contribution in [2.24, 2.45) is 0 Å². The minimum Gasteiger partial charge on any atom is -0.337 e. The highest BCUT2D eigenvalue weighted by atomic mass is 16.5. The molecule has 4 nitrogen and oxygen atoms in total. The van der Waals surface area contributed by atoms with Gasteiger partial charge in [-0.05, 0) is 18.2 Å². The second kappa shape index (κ2) is 3.74. The van der Waals surface area contributed by atoms with E-state index in [2.05, 4.69) is 15.0 Å². The number of para-hydroxylation sites is 1. The molecule has 0 amide bonds. The molecule has 4 heteroatoms. The predicted octanol–water partition coefficient (Wildman–Crippen LogP) is 1.78. The standard InChI is InChI=1S/C10H8N2O2/c13-10-7-6-9(12-14-10)11-8-4-2-1-3-5-8/h1-7H,(H,11,12). The van der Waals surface area contributed by atoms with Gasteiger partial charge in [-0.3, -0.25) is 0 Å². The summed E-state index contributed by atoms with van der Waals surface area (Å²) in [7, 11) is 0. The van der Waals surface area contributed by atoms with Crippen molar-refractivity contribution in [2.45, 2.75) is 0 Å². The Morgan fingerprint density at radius 3 is 2.50 bits per heavy atom. The first-order chi connectivity index (χ1) is 6.84. The Balaban J connectivity index is 2.19. The Bertz CT molecular complexity index is 445. The molecule has 0 bridgehead atoms. The molecule has 0 aliphatic rings. The summed E-state index contributed by atoms with van der Waals surface area (Å²) in [5.74, 6) is 0.510. The highest BCUT2D eigenvalue weighted by Crippen LogP contribution is 2.11. The number of hydrogen-bond acceptors (Lipinski definition) is 4. The Kier molecular flexibility index (Phi) is 2.27. The third-order valence-corrected chi connectivity index (χ3v) is 1.66. The normalized spacial score (nSPS) is 9.71. The van der Waals surface area contributed by atoms with Crippen LogP contribution in [0.15, 0.2) is 51.8 Å². The second-order valence-electron chi connectivity index (χ2n) is 2.71. The fraction of sp³-hybridized carbons (Fsp3) is 0. The highest BCUT2D eigenvalue weighted by molar-refractivity contribution is 5.54. The zero-order valence-corrected chi connectivity index (χ0v) is 7.31. The summed E-state index contributed by atoms with van der Waals surface area (Å²) >= 11 is 0. The average molecular weight is 188 g/mol. The van der Waals surface area contributed by atoms with Crippen LogP contribution in [0.3, 0.4) is 0 Å². The molecule has 1 heterocycles. The van der Waals surface area contributed by atoms with Gasteiger partial charge in [0.15, 0.2) is 5.82 Å². The third-order valence-electron chi connectivity index (χ3n) is 1.66. The Morgan fingerprint density at radius 1 is 1.07 bits per heavy atom. The molecule has 70 valence electrons. The van der Waals surface area contributed by atoms with Gasteiger partial charge in [0.05, 0.1) is 0 Å². The van der Waals surface area contributed by atoms with Crippen LogP contribution in [-0.4, -0.2) is 5.16 Å². The van der Waals surface area contributed by atoms with E-state index in [4.69, 9.17) is 0 Å². The molecule has 0 spiro atoms. The van der Waals surface area contributed by atoms with E-state index in [9.17, 15) is 4.79 Å². The van der Waals surface area contributed by atoms with Crippen LogP contribution in [0.5, 0.6) is 0 Å². The summed E-state index contributed by atoms with van der Waals surface area (Å²) in [5.41, 5.74) is 0.442. The van der Waals surface area contributed by atoms with Crippen molar-refractivity contribution in [3.05, 3.63) is 52.9 Å². The number of rotatable bonds is 2. The lowest BCUT2D eigenvalue weighted by Crippen LogP contribution is -2.00. The number of hydrogen-bond donors (Lipinski definition) is 1. The first-order valence-corrected chi connectivity index (χ1v) is 4.14. The highest BCUT2D eigenvalue weighted by Gasteiger charge is 1.95. The van der Waals surface area contributed by atoms with Crippen LogP contribution < -0.4 is 10.9 Å². The SMILES string of the molecule is O=c1ccc(Nc2ccccc2)no1. The van der Waals surface area contributed by atoms with Gasteiger partial charge in [0, 0.05) is 11.8 Å². The Hall–Kier alpha value is -2.10. The zero-order valence-electron chi connectivity index (χ0n) is 7.31. The Labute approximate surface area is 80.2 Å². The molecule has 1 aromatic heterocycles. The number of aromatic nitrogens is 1. The van der Waals surface area contributed by atoms with Crippen molar-refractivity contribution >= 4 is 11.5 Å². The maximum absolute atomic E-state index is 10.6. The summed E-state index contributed by atoms with van der Waals surface area (Å²) < 4.78 is 4.46. The van der Waals surface area contributed by atoms with Gasteiger partial charge in [-0.1, -0.05) is 23.4 Å². The maximum Gasteiger partial charge on any atom is 0.358 e. The fourth-order valence-electron chi connectivity index (χ4n) is 1.04. The zero-order chi connectivity index (χ0) is 9.80. The van der Waals surface area contributed by atoms with Gasteiger partial charge in [0.2, 0.25) is 0 Å². The quantitative estimate of drug-likeness (QED) is 0.780. The Morgan fingerprint density at radius 2 is 1.86 bits per heavy atom. The third kappa shape index (κ3) is 1.98. The van der Waals surface area contributed by atoms with Gasteiger partial charge in [-0.15, -0.1) is 0 Å². The molecule has 0 aliphatic heterocycles. The lowest BCUT2D eigenvalue weighted by atomic mass is 10.3. The van der Waals surface area contributed by atoms with Crippen molar-refractivity contribution in [2.75, 3.05) is 5.32 Å². The average Bonchev–Trinajstić information content (AvgIpc) is 2.23. The van der Waals surface area contributed by atoms with E-state index in [0.717, 1.165) is 5.69 Å². The number of nitrogens with zero attached hydrogens (tertiary/aromatic N) is 1. The maximum atomic E-state index is 10.6. The monoisotopic (exact) mass is 188 g/mol. The minimum atomic E-state index is -0.455. The molecule has 0 fully saturated rings. The van der Waals surface area contributed by atoms with Crippen molar-refractivity contribution in [3.63, 3.8) is 0 Å². The van der Waals surface area contributed by atoms with Crippen LogP contribution in [0, 0.1) is 0 Å². The smallest absolute Gasteiger partial charge is 0.337 e. The molecule has 0 saturated carbocycles. The molecule has 0 aliphatic carbocycles. The predicted molar refractivity (Wildman–Crippen MR) is 52.5 cm³/mol. The summed E-state index contributed by atoms with van der Waals surface area (Å²) in [6.07, 6.45) is 0. The van der Waals surface area contributed by atoms with Gasteiger partial charge in [-0.2, -0.15) is 0 Å². The molecule has 2 aromatic rings. The summed E-state index contributed by atoms with van der Waals surface area (Å²) in [6.45, 7) is 0. The van der Waals surface area contributed by atoms with Crippen molar-refractivity contribution in [1.82, 2.24) is 5.16 Å². The van der Waals surface area contributed by atoms with Gasteiger partial charge in [-0.25, -0.2) is 4.79 Å². The minimum absolute atomic E-state index is 0.455. The first kappa shape index (κ1) is 8.50. The van der Waals surface area contributed by atoms with E-state index >= 15 is 0 Å². The lowest BCUT2D eigenvalue weighted by molar-refractivity contribution is 0.374. The topological polar surface area (TPSA) is 55.1 Å². The molecule has 2 rings (SSSR count). The van der Waals surface area contributed by atoms with Crippen LogP contribution in [0.25, 0.3) is 0 Å². The molecule has 0 atom stereocenters. The molecule has 1 aromatic carbocycles. The summed E-state index contributed by atoms with van der Waals surface area (Å²) in [5, 5.41) is 6.56. The van der Waals surface area contributed by atoms with E-state index < -0.39 is 5.63 Å². The van der Waals surface area contributed by atoms with Gasteiger partial charge in [0.25, 0.3) is 0 Å². The van der Waals surface area contributed by atoms with Crippen LogP contribution in [-0.2, 0) is 0 Å².